The Hall–Kier alpha value is -2.41. The molecule has 3 rings (SSSR count). The molecule has 6 nitrogen and oxygen atoms in total. The van der Waals surface area contributed by atoms with Crippen LogP contribution < -0.4 is 5.73 Å². The number of thiazole rings is 1. The first-order valence-corrected chi connectivity index (χ1v) is 5.72. The zero-order chi connectivity index (χ0) is 13.1. The summed E-state index contributed by atoms with van der Waals surface area (Å²) >= 11 is 1.54. The van der Waals surface area contributed by atoms with Gasteiger partial charge in [-0.05, 0) is 18.2 Å². The molecule has 2 heterocycles. The minimum Gasteiger partial charge on any atom is -0.483 e. The first-order valence-electron chi connectivity index (χ1n) is 4.90. The van der Waals surface area contributed by atoms with E-state index in [9.17, 15) is 4.79 Å². The maximum Gasteiger partial charge on any atom is 0.290 e. The Labute approximate surface area is 105 Å². The number of carbonyl (C=O) groups excluding carboxylic acids is 1. The highest BCUT2D eigenvalue weighted by molar-refractivity contribution is 7.23. The number of nitrogens with zero attached hydrogens (tertiary/aromatic N) is 2. The number of fused-ring (bicyclic) bond motifs is 3. The van der Waals surface area contributed by atoms with E-state index in [1.165, 1.54) is 0 Å². The summed E-state index contributed by atoms with van der Waals surface area (Å²) in [6.45, 7) is -0.250. The molecule has 0 aliphatic heterocycles. The summed E-state index contributed by atoms with van der Waals surface area (Å²) in [4.78, 5) is 24.5. The summed E-state index contributed by atoms with van der Waals surface area (Å²) < 4.78 is 3.01. The molecule has 0 radical (unpaired) electrons. The Kier molecular flexibility index (Phi) is 3.24. The van der Waals surface area contributed by atoms with Crippen LogP contribution in [0.5, 0.6) is 0 Å². The number of nitrogens with two attached hydrogens (primary N) is 1. The lowest BCUT2D eigenvalue weighted by atomic mass is 10.2. The highest BCUT2D eigenvalue weighted by Crippen LogP contribution is 2.26. The molecule has 1 amide bonds. The zero-order valence-electron chi connectivity index (χ0n) is 9.11. The van der Waals surface area contributed by atoms with Gasteiger partial charge in [0, 0.05) is 18.0 Å². The van der Waals surface area contributed by atoms with E-state index < -0.39 is 5.91 Å². The molecule has 0 fully saturated rings. The largest absolute Gasteiger partial charge is 0.483 e. The number of benzene rings is 1. The van der Waals surface area contributed by atoms with Crippen LogP contribution >= 0.6 is 11.3 Å². The van der Waals surface area contributed by atoms with E-state index in [2.05, 4.69) is 4.98 Å². The molecule has 0 bridgehead atoms. The van der Waals surface area contributed by atoms with E-state index in [4.69, 9.17) is 15.6 Å². The van der Waals surface area contributed by atoms with Crippen LogP contribution in [0.1, 0.15) is 10.4 Å². The summed E-state index contributed by atoms with van der Waals surface area (Å²) in [5.74, 6) is -0.400. The van der Waals surface area contributed by atoms with Gasteiger partial charge in [-0.2, -0.15) is 0 Å². The minimum atomic E-state index is -0.400. The maximum absolute atomic E-state index is 11.0. The van der Waals surface area contributed by atoms with Crippen molar-refractivity contribution in [1.29, 1.82) is 0 Å². The fourth-order valence-electron chi connectivity index (χ4n) is 1.60. The molecule has 0 unspecified atom stereocenters. The normalized spacial score (nSPS) is 10.0. The van der Waals surface area contributed by atoms with Crippen molar-refractivity contribution in [3.05, 3.63) is 36.2 Å². The Morgan fingerprint density at radius 3 is 2.89 bits per heavy atom. The van der Waals surface area contributed by atoms with Crippen LogP contribution in [-0.2, 0) is 4.79 Å². The molecule has 0 atom stereocenters. The monoisotopic (exact) mass is 263 g/mol. The highest BCUT2D eigenvalue weighted by atomic mass is 32.1. The van der Waals surface area contributed by atoms with Crippen LogP contribution in [0.25, 0.3) is 15.2 Å². The summed E-state index contributed by atoms with van der Waals surface area (Å²) in [5.41, 5.74) is 6.81. The van der Waals surface area contributed by atoms with Gasteiger partial charge in [0.1, 0.15) is 0 Å². The molecule has 0 saturated heterocycles. The van der Waals surface area contributed by atoms with Gasteiger partial charge in [0.25, 0.3) is 6.47 Å². The summed E-state index contributed by atoms with van der Waals surface area (Å²) in [7, 11) is 0. The zero-order valence-corrected chi connectivity index (χ0v) is 9.92. The third-order valence-electron chi connectivity index (χ3n) is 2.31. The van der Waals surface area contributed by atoms with Crippen molar-refractivity contribution in [3.8, 4) is 0 Å². The third-order valence-corrected chi connectivity index (χ3v) is 3.34. The lowest BCUT2D eigenvalue weighted by Gasteiger charge is -1.94. The lowest BCUT2D eigenvalue weighted by Crippen LogP contribution is -2.10. The summed E-state index contributed by atoms with van der Waals surface area (Å²) in [5, 5.41) is 6.89. The average Bonchev–Trinajstić information content (AvgIpc) is 2.88. The molecule has 2 aromatic heterocycles. The number of rotatable bonds is 1. The molecular formula is C11H9N3O3S. The molecule has 3 aromatic rings. The summed E-state index contributed by atoms with van der Waals surface area (Å²) in [6.07, 6.45) is 3.66. The van der Waals surface area contributed by atoms with Crippen LogP contribution in [0, 0.1) is 0 Å². The SMILES string of the molecule is NC(=O)c1ccc2c(c1)sc1nccn12.O=CO. The van der Waals surface area contributed by atoms with Gasteiger partial charge in [0.2, 0.25) is 5.91 Å². The Morgan fingerprint density at radius 1 is 1.50 bits per heavy atom. The standard InChI is InChI=1S/C10H7N3OS.CH2O2/c11-9(14)6-1-2-7-8(5-6)15-10-12-3-4-13(7)10;2-1-3/h1-5H,(H2,11,14);1H,(H,2,3). The van der Waals surface area contributed by atoms with E-state index in [-0.39, 0.29) is 6.47 Å². The van der Waals surface area contributed by atoms with Crippen molar-refractivity contribution in [1.82, 2.24) is 9.38 Å². The van der Waals surface area contributed by atoms with Gasteiger partial charge in [0.15, 0.2) is 4.96 Å². The lowest BCUT2D eigenvalue weighted by molar-refractivity contribution is -0.122. The number of imidazole rings is 1. The van der Waals surface area contributed by atoms with E-state index in [1.54, 1.807) is 29.7 Å². The Bertz CT molecular complexity index is 717. The molecule has 0 spiro atoms. The number of amides is 1. The van der Waals surface area contributed by atoms with E-state index in [0.29, 0.717) is 5.56 Å². The minimum absolute atomic E-state index is 0.250. The molecule has 1 aromatic carbocycles. The van der Waals surface area contributed by atoms with Gasteiger partial charge in [-0.3, -0.25) is 14.0 Å². The van der Waals surface area contributed by atoms with Crippen LogP contribution in [0.2, 0.25) is 0 Å². The molecule has 18 heavy (non-hydrogen) atoms. The topological polar surface area (TPSA) is 97.7 Å². The predicted octanol–water partition coefficient (Wildman–Crippen LogP) is 1.35. The molecule has 3 N–H and O–H groups in total. The van der Waals surface area contributed by atoms with Gasteiger partial charge in [0.05, 0.1) is 10.2 Å². The van der Waals surface area contributed by atoms with Crippen molar-refractivity contribution in [3.63, 3.8) is 0 Å². The van der Waals surface area contributed by atoms with E-state index in [1.807, 2.05) is 16.7 Å². The van der Waals surface area contributed by atoms with Crippen molar-refractivity contribution in [2.45, 2.75) is 0 Å². The number of hydrogen-bond acceptors (Lipinski definition) is 4. The van der Waals surface area contributed by atoms with Crippen LogP contribution in [0.15, 0.2) is 30.6 Å². The molecular weight excluding hydrogens is 254 g/mol. The predicted molar refractivity (Wildman–Crippen MR) is 67.8 cm³/mol. The Balaban J connectivity index is 0.000000367. The number of hydrogen-bond donors (Lipinski definition) is 2. The fraction of sp³-hybridized carbons (Fsp3) is 0. The van der Waals surface area contributed by atoms with E-state index >= 15 is 0 Å². The number of carboxylic acid groups (broad SMARTS) is 1. The second-order valence-corrected chi connectivity index (χ2v) is 4.34. The smallest absolute Gasteiger partial charge is 0.290 e. The van der Waals surface area contributed by atoms with E-state index in [0.717, 1.165) is 15.2 Å². The van der Waals surface area contributed by atoms with Crippen molar-refractivity contribution >= 4 is 38.9 Å². The quantitative estimate of drug-likeness (QED) is 0.647. The van der Waals surface area contributed by atoms with Gasteiger partial charge in [-0.25, -0.2) is 4.98 Å². The van der Waals surface area contributed by atoms with Crippen LogP contribution in [0.4, 0.5) is 0 Å². The second-order valence-electron chi connectivity index (χ2n) is 3.33. The maximum atomic E-state index is 11.0. The first kappa shape index (κ1) is 12.1. The molecule has 7 heteroatoms. The number of carbonyl (C=O) groups is 2. The van der Waals surface area contributed by atoms with Gasteiger partial charge in [-0.1, -0.05) is 11.3 Å². The number of aromatic nitrogens is 2. The fourth-order valence-corrected chi connectivity index (χ4v) is 2.62. The van der Waals surface area contributed by atoms with Crippen molar-refractivity contribution in [2.24, 2.45) is 5.73 Å². The third kappa shape index (κ3) is 2.03. The highest BCUT2D eigenvalue weighted by Gasteiger charge is 2.07. The van der Waals surface area contributed by atoms with Gasteiger partial charge < -0.3 is 10.8 Å². The van der Waals surface area contributed by atoms with Gasteiger partial charge >= 0.3 is 0 Å². The first-order chi connectivity index (χ1) is 8.67. The Morgan fingerprint density at radius 2 is 2.22 bits per heavy atom. The van der Waals surface area contributed by atoms with Crippen molar-refractivity contribution < 1.29 is 14.7 Å². The average molecular weight is 263 g/mol. The summed E-state index contributed by atoms with van der Waals surface area (Å²) in [6, 6.07) is 5.43. The molecule has 92 valence electrons. The van der Waals surface area contributed by atoms with Crippen LogP contribution in [0.3, 0.4) is 0 Å². The van der Waals surface area contributed by atoms with Gasteiger partial charge in [-0.15, -0.1) is 0 Å². The number of primary amides is 1. The molecule has 0 saturated carbocycles. The molecule has 0 aliphatic carbocycles. The second kappa shape index (κ2) is 4.84. The van der Waals surface area contributed by atoms with Crippen LogP contribution in [-0.4, -0.2) is 26.9 Å². The van der Waals surface area contributed by atoms with Crippen molar-refractivity contribution in [2.75, 3.05) is 0 Å². The molecule has 0 aliphatic rings.